The van der Waals surface area contributed by atoms with Crippen molar-refractivity contribution in [2.75, 3.05) is 6.54 Å². The molecule has 3 atom stereocenters. The smallest absolute Gasteiger partial charge is 0.326 e. The van der Waals surface area contributed by atoms with Gasteiger partial charge in [-0.3, -0.25) is 14.4 Å². The van der Waals surface area contributed by atoms with Crippen LogP contribution >= 0.6 is 0 Å². The summed E-state index contributed by atoms with van der Waals surface area (Å²) >= 11 is 0. The lowest BCUT2D eigenvalue weighted by atomic mass is 10.0. The summed E-state index contributed by atoms with van der Waals surface area (Å²) in [5, 5.41) is 35.5. The molecule has 1 aliphatic heterocycles. The fraction of sp³-hybridized carbons (Fsp3) is 0.474. The Hall–Kier alpha value is -3.14. The van der Waals surface area contributed by atoms with Gasteiger partial charge in [-0.2, -0.15) is 0 Å². The highest BCUT2D eigenvalue weighted by Gasteiger charge is 2.30. The molecule has 2 rings (SSSR count). The zero-order chi connectivity index (χ0) is 21.4. The number of amides is 2. The number of rotatable bonds is 10. The highest BCUT2D eigenvalue weighted by Crippen LogP contribution is 2.12. The van der Waals surface area contributed by atoms with Crippen molar-refractivity contribution in [2.24, 2.45) is 0 Å². The van der Waals surface area contributed by atoms with Gasteiger partial charge in [0.05, 0.1) is 6.04 Å². The number of phenolic OH excluding ortho intramolecular Hbond substituents is 1. The minimum absolute atomic E-state index is 0.0293. The number of aromatic hydroxyl groups is 1. The first-order valence-corrected chi connectivity index (χ1v) is 9.33. The van der Waals surface area contributed by atoms with E-state index in [1.54, 1.807) is 0 Å². The topological polar surface area (TPSA) is 165 Å². The average Bonchev–Trinajstić information content (AvgIpc) is 3.20. The van der Waals surface area contributed by atoms with Crippen molar-refractivity contribution in [3.05, 3.63) is 29.8 Å². The number of carboxylic acids is 2. The molecule has 0 spiro atoms. The van der Waals surface area contributed by atoms with Crippen molar-refractivity contribution in [1.29, 1.82) is 0 Å². The van der Waals surface area contributed by atoms with Gasteiger partial charge >= 0.3 is 11.9 Å². The molecular weight excluding hydrogens is 382 g/mol. The second-order valence-electron chi connectivity index (χ2n) is 6.91. The van der Waals surface area contributed by atoms with Crippen LogP contribution in [0, 0.1) is 0 Å². The van der Waals surface area contributed by atoms with Gasteiger partial charge in [-0.1, -0.05) is 12.1 Å². The van der Waals surface area contributed by atoms with E-state index in [2.05, 4.69) is 16.0 Å². The third kappa shape index (κ3) is 7.07. The maximum atomic E-state index is 12.6. The third-order valence-corrected chi connectivity index (χ3v) is 4.65. The predicted octanol–water partition coefficient (Wildman–Crippen LogP) is -0.394. The van der Waals surface area contributed by atoms with Crippen LogP contribution in [0.15, 0.2) is 24.3 Å². The number of hydrogen-bond donors (Lipinski definition) is 6. The Morgan fingerprint density at radius 1 is 1.07 bits per heavy atom. The standard InChI is InChI=1S/C19H25N3O7/c23-12-5-3-11(4-6-12)10-15(19(28)29)22-18(27)14(7-8-16(24)25)21-17(26)13-2-1-9-20-13/h3-6,13-15,20,23H,1-2,7-10H2,(H,21,26)(H,22,27)(H,24,25)(H,28,29). The van der Waals surface area contributed by atoms with Gasteiger partial charge in [0.25, 0.3) is 0 Å². The van der Waals surface area contributed by atoms with Crippen LogP contribution < -0.4 is 16.0 Å². The first kappa shape index (κ1) is 22.2. The molecule has 0 bridgehead atoms. The Kier molecular flexibility index (Phi) is 7.96. The Morgan fingerprint density at radius 3 is 2.31 bits per heavy atom. The van der Waals surface area contributed by atoms with Gasteiger partial charge in [0.1, 0.15) is 17.8 Å². The zero-order valence-corrected chi connectivity index (χ0v) is 15.8. The minimum Gasteiger partial charge on any atom is -0.508 e. The first-order valence-electron chi connectivity index (χ1n) is 9.33. The van der Waals surface area contributed by atoms with E-state index in [-0.39, 0.29) is 25.0 Å². The second kappa shape index (κ2) is 10.4. The van der Waals surface area contributed by atoms with Gasteiger partial charge in [0.15, 0.2) is 0 Å². The molecule has 1 saturated heterocycles. The summed E-state index contributed by atoms with van der Waals surface area (Å²) in [5.74, 6) is -3.55. The van der Waals surface area contributed by atoms with Crippen LogP contribution in [0.1, 0.15) is 31.2 Å². The number of carbonyl (C=O) groups is 4. The molecule has 0 saturated carbocycles. The molecule has 0 radical (unpaired) electrons. The van der Waals surface area contributed by atoms with E-state index >= 15 is 0 Å². The van der Waals surface area contributed by atoms with Gasteiger partial charge in [-0.05, 0) is 43.5 Å². The Labute approximate surface area is 167 Å². The Balaban J connectivity index is 2.05. The monoisotopic (exact) mass is 407 g/mol. The molecule has 1 heterocycles. The quantitative estimate of drug-likeness (QED) is 0.305. The van der Waals surface area contributed by atoms with E-state index in [0.717, 1.165) is 6.42 Å². The van der Waals surface area contributed by atoms with Gasteiger partial charge in [-0.15, -0.1) is 0 Å². The molecule has 0 aliphatic carbocycles. The van der Waals surface area contributed by atoms with E-state index in [1.165, 1.54) is 24.3 Å². The predicted molar refractivity (Wildman–Crippen MR) is 101 cm³/mol. The van der Waals surface area contributed by atoms with Crippen LogP contribution in [0.3, 0.4) is 0 Å². The fourth-order valence-corrected chi connectivity index (χ4v) is 3.06. The number of benzene rings is 1. The molecule has 0 aromatic heterocycles. The number of carbonyl (C=O) groups excluding carboxylic acids is 2. The van der Waals surface area contributed by atoms with Crippen LogP contribution in [0.5, 0.6) is 5.75 Å². The molecule has 6 N–H and O–H groups in total. The van der Waals surface area contributed by atoms with Crippen molar-refractivity contribution < 1.29 is 34.5 Å². The SMILES string of the molecule is O=C(O)CCC(NC(=O)C1CCCN1)C(=O)NC(Cc1ccc(O)cc1)C(=O)O. The van der Waals surface area contributed by atoms with E-state index in [4.69, 9.17) is 5.11 Å². The summed E-state index contributed by atoms with van der Waals surface area (Å²) in [6, 6.07) is 2.98. The number of hydrogen-bond acceptors (Lipinski definition) is 6. The van der Waals surface area contributed by atoms with Gasteiger partial charge in [0.2, 0.25) is 11.8 Å². The molecule has 1 aromatic carbocycles. The van der Waals surface area contributed by atoms with Crippen molar-refractivity contribution in [3.8, 4) is 5.75 Å². The van der Waals surface area contributed by atoms with Crippen LogP contribution in [-0.2, 0) is 25.6 Å². The highest BCUT2D eigenvalue weighted by molar-refractivity contribution is 5.92. The summed E-state index contributed by atoms with van der Waals surface area (Å²) in [6.07, 6.45) is 0.873. The molecule has 1 fully saturated rings. The summed E-state index contributed by atoms with van der Waals surface area (Å²) in [5.41, 5.74) is 0.580. The molecule has 3 unspecified atom stereocenters. The molecular formula is C19H25N3O7. The average molecular weight is 407 g/mol. The maximum absolute atomic E-state index is 12.6. The molecule has 1 aromatic rings. The number of phenols is 1. The van der Waals surface area contributed by atoms with Gasteiger partial charge in [0, 0.05) is 12.8 Å². The second-order valence-corrected chi connectivity index (χ2v) is 6.91. The summed E-state index contributed by atoms with van der Waals surface area (Å²) in [4.78, 5) is 47.4. The Bertz CT molecular complexity index is 745. The van der Waals surface area contributed by atoms with Crippen LogP contribution in [0.2, 0.25) is 0 Å². The van der Waals surface area contributed by atoms with E-state index < -0.39 is 41.9 Å². The van der Waals surface area contributed by atoms with Crippen molar-refractivity contribution in [2.45, 2.75) is 50.2 Å². The minimum atomic E-state index is -1.28. The summed E-state index contributed by atoms with van der Waals surface area (Å²) < 4.78 is 0. The lowest BCUT2D eigenvalue weighted by Crippen LogP contribution is -2.54. The molecule has 158 valence electrons. The molecule has 1 aliphatic rings. The molecule has 29 heavy (non-hydrogen) atoms. The van der Waals surface area contributed by atoms with Crippen LogP contribution in [0.4, 0.5) is 0 Å². The van der Waals surface area contributed by atoms with Crippen molar-refractivity contribution in [3.63, 3.8) is 0 Å². The van der Waals surface area contributed by atoms with Crippen molar-refractivity contribution >= 4 is 23.8 Å². The Morgan fingerprint density at radius 2 is 1.76 bits per heavy atom. The number of nitrogens with one attached hydrogen (secondary N) is 3. The van der Waals surface area contributed by atoms with Gasteiger partial charge in [-0.25, -0.2) is 4.79 Å². The van der Waals surface area contributed by atoms with Gasteiger partial charge < -0.3 is 31.3 Å². The largest absolute Gasteiger partial charge is 0.508 e. The summed E-state index contributed by atoms with van der Waals surface area (Å²) in [6.45, 7) is 0.678. The number of carboxylic acid groups (broad SMARTS) is 2. The summed E-state index contributed by atoms with van der Waals surface area (Å²) in [7, 11) is 0. The van der Waals surface area contributed by atoms with Crippen molar-refractivity contribution in [1.82, 2.24) is 16.0 Å². The number of aliphatic carboxylic acids is 2. The third-order valence-electron chi connectivity index (χ3n) is 4.65. The van der Waals surface area contributed by atoms with Crippen LogP contribution in [-0.4, -0.2) is 63.7 Å². The zero-order valence-electron chi connectivity index (χ0n) is 15.8. The maximum Gasteiger partial charge on any atom is 0.326 e. The normalized spacial score (nSPS) is 17.9. The van der Waals surface area contributed by atoms with E-state index in [9.17, 15) is 29.4 Å². The van der Waals surface area contributed by atoms with Crippen LogP contribution in [0.25, 0.3) is 0 Å². The van der Waals surface area contributed by atoms with E-state index in [0.29, 0.717) is 18.5 Å². The molecule has 2 amide bonds. The lowest BCUT2D eigenvalue weighted by Gasteiger charge is -2.22. The first-order chi connectivity index (χ1) is 13.8. The molecule has 10 nitrogen and oxygen atoms in total. The fourth-order valence-electron chi connectivity index (χ4n) is 3.06. The lowest BCUT2D eigenvalue weighted by molar-refractivity contribution is -0.143. The highest BCUT2D eigenvalue weighted by atomic mass is 16.4. The van der Waals surface area contributed by atoms with E-state index in [1.807, 2.05) is 0 Å². The molecule has 10 heteroatoms.